The summed E-state index contributed by atoms with van der Waals surface area (Å²) in [6.07, 6.45) is 0. The van der Waals surface area contributed by atoms with Gasteiger partial charge in [0.15, 0.2) is 0 Å². The van der Waals surface area contributed by atoms with Gasteiger partial charge < -0.3 is 5.11 Å². The van der Waals surface area contributed by atoms with Gasteiger partial charge in [0.25, 0.3) is 0 Å². The lowest BCUT2D eigenvalue weighted by atomic mass is 10.2. The van der Waals surface area contributed by atoms with Crippen molar-refractivity contribution in [1.82, 2.24) is 4.89 Å². The maximum absolute atomic E-state index is 10.4. The number of aliphatic carboxylic acids is 1. The summed E-state index contributed by atoms with van der Waals surface area (Å²) in [5.74, 6) is -0.865. The topological polar surface area (TPSA) is 58.6 Å². The second-order valence-corrected chi connectivity index (χ2v) is 4.07. The van der Waals surface area contributed by atoms with Crippen molar-refractivity contribution in [3.8, 4) is 0 Å². The smallest absolute Gasteiger partial charge is 0.317 e. The Hall–Kier alpha value is -1.04. The highest BCUT2D eigenvalue weighted by molar-refractivity contribution is 7.98. The van der Waals surface area contributed by atoms with Crippen molar-refractivity contribution in [2.75, 3.05) is 0 Å². The second-order valence-electron chi connectivity index (χ2n) is 2.96. The molecule has 5 heteroatoms. The van der Waals surface area contributed by atoms with Crippen LogP contribution in [0, 0.1) is 0 Å². The van der Waals surface area contributed by atoms with Crippen molar-refractivity contribution in [2.24, 2.45) is 0 Å². The van der Waals surface area contributed by atoms with Gasteiger partial charge in [0.1, 0.15) is 5.25 Å². The molecular weight excluding hydrogens is 214 g/mol. The Labute approximate surface area is 92.7 Å². The van der Waals surface area contributed by atoms with Crippen LogP contribution in [-0.2, 0) is 16.2 Å². The van der Waals surface area contributed by atoms with Crippen LogP contribution in [0.15, 0.2) is 30.3 Å². The van der Waals surface area contributed by atoms with E-state index in [1.54, 1.807) is 6.92 Å². The van der Waals surface area contributed by atoms with E-state index in [9.17, 15) is 4.79 Å². The molecule has 82 valence electrons. The fraction of sp³-hybridized carbons (Fsp3) is 0.300. The molecule has 0 saturated carbocycles. The molecule has 0 spiro atoms. The zero-order valence-electron chi connectivity index (χ0n) is 8.34. The lowest BCUT2D eigenvalue weighted by Crippen LogP contribution is -2.18. The third-order valence-electron chi connectivity index (χ3n) is 1.71. The minimum absolute atomic E-state index is 0.417. The van der Waals surface area contributed by atoms with Crippen molar-refractivity contribution in [3.05, 3.63) is 35.9 Å². The number of hydrogen-bond acceptors (Lipinski definition) is 4. The highest BCUT2D eigenvalue weighted by atomic mass is 32.2. The zero-order valence-corrected chi connectivity index (χ0v) is 9.16. The Morgan fingerprint density at radius 3 is 2.80 bits per heavy atom. The van der Waals surface area contributed by atoms with Crippen LogP contribution in [0.5, 0.6) is 0 Å². The number of hydrogen-bond donors (Lipinski definition) is 2. The van der Waals surface area contributed by atoms with Gasteiger partial charge in [0.2, 0.25) is 0 Å². The molecule has 0 aromatic heterocycles. The largest absolute Gasteiger partial charge is 0.480 e. The molecule has 1 atom stereocenters. The first kappa shape index (κ1) is 12.0. The normalized spacial score (nSPS) is 12.3. The van der Waals surface area contributed by atoms with E-state index in [4.69, 9.17) is 9.94 Å². The van der Waals surface area contributed by atoms with Crippen LogP contribution in [-0.4, -0.2) is 16.3 Å². The predicted molar refractivity (Wildman–Crippen MR) is 59.1 cm³/mol. The molecule has 0 saturated heterocycles. The van der Waals surface area contributed by atoms with E-state index in [0.29, 0.717) is 6.61 Å². The van der Waals surface area contributed by atoms with Crippen LogP contribution in [0.4, 0.5) is 0 Å². The monoisotopic (exact) mass is 227 g/mol. The highest BCUT2D eigenvalue weighted by Crippen LogP contribution is 2.06. The quantitative estimate of drug-likeness (QED) is 0.441. The number of carboxylic acid groups (broad SMARTS) is 1. The van der Waals surface area contributed by atoms with E-state index in [-0.39, 0.29) is 0 Å². The van der Waals surface area contributed by atoms with Crippen molar-refractivity contribution in [3.63, 3.8) is 0 Å². The molecule has 0 heterocycles. The zero-order chi connectivity index (χ0) is 11.1. The molecule has 4 nitrogen and oxygen atoms in total. The molecule has 0 fully saturated rings. The van der Waals surface area contributed by atoms with E-state index in [1.807, 2.05) is 30.3 Å². The number of carboxylic acids is 1. The summed E-state index contributed by atoms with van der Waals surface area (Å²) >= 11 is 1.03. The Balaban J connectivity index is 2.15. The Morgan fingerprint density at radius 1 is 1.53 bits per heavy atom. The summed E-state index contributed by atoms with van der Waals surface area (Å²) < 4.78 is 0. The lowest BCUT2D eigenvalue weighted by Gasteiger charge is -2.07. The number of carbonyl (C=O) groups is 1. The fourth-order valence-corrected chi connectivity index (χ4v) is 1.22. The van der Waals surface area contributed by atoms with Crippen molar-refractivity contribution in [1.29, 1.82) is 0 Å². The van der Waals surface area contributed by atoms with Gasteiger partial charge in [0, 0.05) is 0 Å². The standard InChI is InChI=1S/C10H13NO3S/c1-8(10(12)13)15-11-14-7-9-5-3-2-4-6-9/h2-6,8,11H,7H2,1H3,(H,12,13)/t8-/m1/s1. The van der Waals surface area contributed by atoms with E-state index in [0.717, 1.165) is 17.5 Å². The average Bonchev–Trinajstić information content (AvgIpc) is 2.25. The molecule has 2 N–H and O–H groups in total. The summed E-state index contributed by atoms with van der Waals surface area (Å²) in [6, 6.07) is 9.65. The van der Waals surface area contributed by atoms with Gasteiger partial charge in [-0.2, -0.15) is 0 Å². The SMILES string of the molecule is C[C@@H](SNOCc1ccccc1)C(=O)O. The Bertz CT molecular complexity index is 305. The van der Waals surface area contributed by atoms with Crippen LogP contribution in [0.3, 0.4) is 0 Å². The fourth-order valence-electron chi connectivity index (χ4n) is 0.844. The van der Waals surface area contributed by atoms with E-state index < -0.39 is 11.2 Å². The summed E-state index contributed by atoms with van der Waals surface area (Å²) in [5.41, 5.74) is 1.04. The minimum Gasteiger partial charge on any atom is -0.480 e. The third-order valence-corrected chi connectivity index (χ3v) is 2.48. The minimum atomic E-state index is -0.865. The molecule has 1 aromatic carbocycles. The van der Waals surface area contributed by atoms with Gasteiger partial charge in [-0.25, -0.2) is 0 Å². The Morgan fingerprint density at radius 2 is 2.20 bits per heavy atom. The predicted octanol–water partition coefficient (Wildman–Crippen LogP) is 1.83. The average molecular weight is 227 g/mol. The molecule has 0 unspecified atom stereocenters. The maximum Gasteiger partial charge on any atom is 0.317 e. The first-order valence-corrected chi connectivity index (χ1v) is 5.37. The number of benzene rings is 1. The summed E-state index contributed by atoms with van der Waals surface area (Å²) in [6.45, 7) is 2.01. The summed E-state index contributed by atoms with van der Waals surface area (Å²) in [5, 5.41) is 8.05. The number of nitrogens with one attached hydrogen (secondary N) is 1. The Kier molecular flexibility index (Phi) is 5.17. The summed E-state index contributed by atoms with van der Waals surface area (Å²) in [4.78, 5) is 18.1. The van der Waals surface area contributed by atoms with E-state index in [1.165, 1.54) is 0 Å². The molecule has 0 bridgehead atoms. The molecule has 15 heavy (non-hydrogen) atoms. The molecule has 0 aliphatic heterocycles. The molecule has 0 aliphatic rings. The highest BCUT2D eigenvalue weighted by Gasteiger charge is 2.10. The molecule has 0 radical (unpaired) electrons. The van der Waals surface area contributed by atoms with Crippen LogP contribution >= 0.6 is 11.9 Å². The molecule has 1 rings (SSSR count). The molecule has 0 aliphatic carbocycles. The maximum atomic E-state index is 10.4. The van der Waals surface area contributed by atoms with Crippen LogP contribution in [0.25, 0.3) is 0 Å². The van der Waals surface area contributed by atoms with Gasteiger partial charge in [-0.1, -0.05) is 30.3 Å². The van der Waals surface area contributed by atoms with Gasteiger partial charge in [-0.3, -0.25) is 9.63 Å². The van der Waals surface area contributed by atoms with Crippen molar-refractivity contribution < 1.29 is 14.7 Å². The molecule has 1 aromatic rings. The van der Waals surface area contributed by atoms with Gasteiger partial charge >= 0.3 is 5.97 Å². The van der Waals surface area contributed by atoms with Crippen molar-refractivity contribution >= 4 is 17.9 Å². The van der Waals surface area contributed by atoms with Crippen LogP contribution in [0.1, 0.15) is 12.5 Å². The molecule has 0 amide bonds. The first-order valence-electron chi connectivity index (χ1n) is 4.49. The van der Waals surface area contributed by atoms with E-state index in [2.05, 4.69) is 4.89 Å². The summed E-state index contributed by atoms with van der Waals surface area (Å²) in [7, 11) is 0. The van der Waals surface area contributed by atoms with Crippen LogP contribution < -0.4 is 4.89 Å². The second kappa shape index (κ2) is 6.44. The first-order chi connectivity index (χ1) is 7.20. The number of rotatable bonds is 6. The third kappa shape index (κ3) is 4.83. The van der Waals surface area contributed by atoms with Gasteiger partial charge in [0.05, 0.1) is 6.61 Å². The molecular formula is C10H13NO3S. The van der Waals surface area contributed by atoms with Crippen molar-refractivity contribution in [2.45, 2.75) is 18.8 Å². The van der Waals surface area contributed by atoms with Crippen LogP contribution in [0.2, 0.25) is 0 Å². The van der Waals surface area contributed by atoms with Gasteiger partial charge in [-0.05, 0) is 24.4 Å². The lowest BCUT2D eigenvalue weighted by molar-refractivity contribution is -0.136. The van der Waals surface area contributed by atoms with Gasteiger partial charge in [-0.15, -0.1) is 4.89 Å². The van der Waals surface area contributed by atoms with E-state index >= 15 is 0 Å².